The van der Waals surface area contributed by atoms with Gasteiger partial charge in [-0.2, -0.15) is 4.90 Å². The predicted octanol–water partition coefficient (Wildman–Crippen LogP) is 3.88. The lowest BCUT2D eigenvalue weighted by Gasteiger charge is -2.27. The number of anilines is 1. The van der Waals surface area contributed by atoms with Crippen LogP contribution >= 0.6 is 0 Å². The third-order valence-corrected chi connectivity index (χ3v) is 3.17. The van der Waals surface area contributed by atoms with E-state index in [0.29, 0.717) is 11.0 Å². The second-order valence-corrected chi connectivity index (χ2v) is 7.85. The number of benzene rings is 1. The van der Waals surface area contributed by atoms with Crippen LogP contribution in [-0.2, 0) is 9.47 Å². The number of rotatable bonds is 2. The summed E-state index contributed by atoms with van der Waals surface area (Å²) in [7, 11) is 1.90. The van der Waals surface area contributed by atoms with E-state index >= 15 is 0 Å². The molecular formula is C18H24BN2O5. The smallest absolute Gasteiger partial charge is 0.425 e. The highest BCUT2D eigenvalue weighted by Gasteiger charge is 2.35. The van der Waals surface area contributed by atoms with Crippen molar-refractivity contribution in [1.29, 1.82) is 0 Å². The van der Waals surface area contributed by atoms with Crippen LogP contribution in [-0.4, -0.2) is 35.8 Å². The lowest BCUT2D eigenvalue weighted by atomic mass is 9.73. The van der Waals surface area contributed by atoms with Gasteiger partial charge in [0, 0.05) is 0 Å². The number of nitrogens with zero attached hydrogens (tertiary/aromatic N) is 2. The van der Waals surface area contributed by atoms with Gasteiger partial charge in [0.1, 0.15) is 18.5 Å². The van der Waals surface area contributed by atoms with Gasteiger partial charge in [-0.25, -0.2) is 9.59 Å². The maximum absolute atomic E-state index is 12.7. The molecule has 139 valence electrons. The second kappa shape index (κ2) is 7.01. The van der Waals surface area contributed by atoms with Crippen molar-refractivity contribution in [2.45, 2.75) is 59.6 Å². The fourth-order valence-corrected chi connectivity index (χ4v) is 2.14. The number of aromatic nitrogens is 1. The molecule has 2 rings (SSSR count). The number of ether oxygens (including phenoxy) is 2. The molecule has 0 atom stereocenters. The molecule has 0 bridgehead atoms. The van der Waals surface area contributed by atoms with Crippen LogP contribution in [0.2, 0.25) is 6.82 Å². The average Bonchev–Trinajstić information content (AvgIpc) is 2.86. The SMILES string of the molecule is C[B]c1ccc2c(N(C(=O)OC(C)(C)C)C(=O)OC(C)(C)C)noc2c1. The largest absolute Gasteiger partial charge is 0.443 e. The van der Waals surface area contributed by atoms with E-state index in [1.807, 2.05) is 20.2 Å². The molecule has 1 heterocycles. The highest BCUT2D eigenvalue weighted by atomic mass is 16.6. The number of hydrogen-bond donors (Lipinski definition) is 0. The normalized spacial score (nSPS) is 12.0. The lowest BCUT2D eigenvalue weighted by molar-refractivity contribution is 0.0428. The second-order valence-electron chi connectivity index (χ2n) is 7.85. The van der Waals surface area contributed by atoms with Crippen molar-refractivity contribution in [2.24, 2.45) is 0 Å². The summed E-state index contributed by atoms with van der Waals surface area (Å²) in [6.07, 6.45) is -1.76. The van der Waals surface area contributed by atoms with Gasteiger partial charge in [0.05, 0.1) is 5.39 Å². The highest BCUT2D eigenvalue weighted by molar-refractivity contribution is 6.52. The summed E-state index contributed by atoms with van der Waals surface area (Å²) in [5.41, 5.74) is -0.198. The van der Waals surface area contributed by atoms with E-state index in [-0.39, 0.29) is 5.82 Å². The van der Waals surface area contributed by atoms with Gasteiger partial charge in [0.25, 0.3) is 0 Å². The first-order chi connectivity index (χ1) is 11.9. The van der Waals surface area contributed by atoms with Crippen LogP contribution in [0.1, 0.15) is 41.5 Å². The zero-order chi connectivity index (χ0) is 19.7. The monoisotopic (exact) mass is 359 g/mol. The molecule has 1 aromatic heterocycles. The van der Waals surface area contributed by atoms with Crippen molar-refractivity contribution in [3.8, 4) is 0 Å². The van der Waals surface area contributed by atoms with Gasteiger partial charge in [-0.3, -0.25) is 0 Å². The standard InChI is InChI=1S/C18H24BN2O5/c1-17(2,3)24-15(22)21(16(23)25-18(4,5)6)14-12-9-8-11(19-7)10-13(12)26-20-14/h8-10H,1-7H3. The van der Waals surface area contributed by atoms with E-state index in [0.717, 1.165) is 10.4 Å². The molecule has 0 saturated heterocycles. The molecule has 0 N–H and O–H groups in total. The molecule has 2 amide bonds. The first-order valence-electron chi connectivity index (χ1n) is 8.36. The molecule has 1 aromatic carbocycles. The number of fused-ring (bicyclic) bond motifs is 1. The Morgan fingerprint density at radius 2 is 1.58 bits per heavy atom. The third-order valence-electron chi connectivity index (χ3n) is 3.17. The van der Waals surface area contributed by atoms with Crippen molar-refractivity contribution in [3.63, 3.8) is 0 Å². The van der Waals surface area contributed by atoms with Crippen molar-refractivity contribution in [3.05, 3.63) is 18.2 Å². The Morgan fingerprint density at radius 3 is 2.04 bits per heavy atom. The van der Waals surface area contributed by atoms with Crippen molar-refractivity contribution in [1.82, 2.24) is 5.16 Å². The summed E-state index contributed by atoms with van der Waals surface area (Å²) in [5.74, 6) is 0.0335. The third kappa shape index (κ3) is 4.77. The number of carbonyl (C=O) groups is 2. The first-order valence-corrected chi connectivity index (χ1v) is 8.36. The molecule has 0 spiro atoms. The van der Waals surface area contributed by atoms with Crippen molar-refractivity contribution >= 4 is 41.7 Å². The summed E-state index contributed by atoms with van der Waals surface area (Å²) in [6.45, 7) is 12.2. The molecule has 0 fully saturated rings. The minimum Gasteiger partial charge on any atom is -0.443 e. The van der Waals surface area contributed by atoms with Gasteiger partial charge in [-0.1, -0.05) is 23.5 Å². The summed E-state index contributed by atoms with van der Waals surface area (Å²) < 4.78 is 16.0. The van der Waals surface area contributed by atoms with Gasteiger partial charge in [-0.05, 0) is 53.7 Å². The van der Waals surface area contributed by atoms with Crippen LogP contribution in [0.4, 0.5) is 15.4 Å². The summed E-state index contributed by atoms with van der Waals surface area (Å²) in [4.78, 5) is 26.1. The Kier molecular flexibility index (Phi) is 5.35. The molecule has 0 unspecified atom stereocenters. The van der Waals surface area contributed by atoms with Crippen LogP contribution in [0, 0.1) is 0 Å². The Bertz CT molecular complexity index is 789. The molecule has 0 aliphatic heterocycles. The number of imide groups is 1. The Morgan fingerprint density at radius 1 is 1.04 bits per heavy atom. The summed E-state index contributed by atoms with van der Waals surface area (Å²) >= 11 is 0. The van der Waals surface area contributed by atoms with Crippen molar-refractivity contribution < 1.29 is 23.6 Å². The van der Waals surface area contributed by atoms with Gasteiger partial charge in [-0.15, -0.1) is 0 Å². The lowest BCUT2D eigenvalue weighted by Crippen LogP contribution is -2.44. The molecule has 26 heavy (non-hydrogen) atoms. The minimum atomic E-state index is -0.881. The molecule has 1 radical (unpaired) electrons. The number of carbonyl (C=O) groups excluding carboxylic acids is 2. The predicted molar refractivity (Wildman–Crippen MR) is 100 cm³/mol. The average molecular weight is 359 g/mol. The molecule has 0 saturated carbocycles. The fourth-order valence-electron chi connectivity index (χ4n) is 2.14. The molecule has 2 aromatic rings. The Labute approximate surface area is 153 Å². The van der Waals surface area contributed by atoms with E-state index in [2.05, 4.69) is 5.16 Å². The van der Waals surface area contributed by atoms with Gasteiger partial charge in [0.15, 0.2) is 11.4 Å². The maximum Gasteiger partial charge on any atom is 0.425 e. The van der Waals surface area contributed by atoms with Crippen molar-refractivity contribution in [2.75, 3.05) is 4.90 Å². The molecule has 8 heteroatoms. The van der Waals surface area contributed by atoms with Crippen LogP contribution < -0.4 is 10.4 Å². The van der Waals surface area contributed by atoms with E-state index in [4.69, 9.17) is 14.0 Å². The summed E-state index contributed by atoms with van der Waals surface area (Å²) in [6, 6.07) is 5.35. The number of amides is 2. The highest BCUT2D eigenvalue weighted by Crippen LogP contribution is 2.28. The molecule has 7 nitrogen and oxygen atoms in total. The Hall–Kier alpha value is -2.51. The zero-order valence-corrected chi connectivity index (χ0v) is 16.2. The van der Waals surface area contributed by atoms with Crippen LogP contribution in [0.5, 0.6) is 0 Å². The van der Waals surface area contributed by atoms with Crippen LogP contribution in [0.3, 0.4) is 0 Å². The van der Waals surface area contributed by atoms with Crippen LogP contribution in [0.15, 0.2) is 22.7 Å². The molecule has 0 aliphatic carbocycles. The topological polar surface area (TPSA) is 81.9 Å². The minimum absolute atomic E-state index is 0.0335. The van der Waals surface area contributed by atoms with E-state index in [1.54, 1.807) is 53.7 Å². The molecule has 0 aliphatic rings. The molecular weight excluding hydrogens is 335 g/mol. The summed E-state index contributed by atoms with van der Waals surface area (Å²) in [5, 5.41) is 4.42. The Balaban J connectivity index is 2.49. The maximum atomic E-state index is 12.7. The number of hydrogen-bond acceptors (Lipinski definition) is 6. The first kappa shape index (κ1) is 19.8. The van der Waals surface area contributed by atoms with Gasteiger partial charge in [0.2, 0.25) is 0 Å². The zero-order valence-electron chi connectivity index (χ0n) is 16.2. The van der Waals surface area contributed by atoms with E-state index in [9.17, 15) is 9.59 Å². The van der Waals surface area contributed by atoms with Gasteiger partial charge >= 0.3 is 12.2 Å². The van der Waals surface area contributed by atoms with E-state index in [1.165, 1.54) is 0 Å². The van der Waals surface area contributed by atoms with Gasteiger partial charge < -0.3 is 14.0 Å². The fraction of sp³-hybridized carbons (Fsp3) is 0.500. The quantitative estimate of drug-likeness (QED) is 0.757. The van der Waals surface area contributed by atoms with Crippen LogP contribution in [0.25, 0.3) is 11.0 Å². The van der Waals surface area contributed by atoms with E-state index < -0.39 is 23.4 Å².